The molecule has 0 aliphatic rings. The van der Waals surface area contributed by atoms with Crippen LogP contribution in [0.4, 0.5) is 11.4 Å². The summed E-state index contributed by atoms with van der Waals surface area (Å²) in [6.07, 6.45) is 2.96. The number of carbonyl (C=O) groups is 2. The molecule has 3 aromatic rings. The molecule has 0 spiro atoms. The SMILES string of the molecule is CC(=O)Oc1cccc(CCCCC(=O)N(c2ccccc2)c2ccccc2)c1. The van der Waals surface area contributed by atoms with E-state index in [4.69, 9.17) is 4.74 Å². The first kappa shape index (κ1) is 20.3. The maximum atomic E-state index is 13.0. The Morgan fingerprint density at radius 2 is 1.41 bits per heavy atom. The van der Waals surface area contributed by atoms with Gasteiger partial charge < -0.3 is 4.74 Å². The van der Waals surface area contributed by atoms with Crippen LogP contribution < -0.4 is 9.64 Å². The zero-order valence-corrected chi connectivity index (χ0v) is 16.6. The molecule has 1 amide bonds. The van der Waals surface area contributed by atoms with Gasteiger partial charge in [0.2, 0.25) is 5.91 Å². The molecule has 0 aromatic heterocycles. The summed E-state index contributed by atoms with van der Waals surface area (Å²) in [4.78, 5) is 25.9. The lowest BCUT2D eigenvalue weighted by Gasteiger charge is -2.23. The van der Waals surface area contributed by atoms with Crippen molar-refractivity contribution in [2.45, 2.75) is 32.6 Å². The van der Waals surface area contributed by atoms with Crippen molar-refractivity contribution in [2.75, 3.05) is 4.90 Å². The molecule has 4 heteroatoms. The van der Waals surface area contributed by atoms with E-state index in [9.17, 15) is 9.59 Å². The topological polar surface area (TPSA) is 46.6 Å². The summed E-state index contributed by atoms with van der Waals surface area (Å²) in [6, 6.07) is 27.0. The molecule has 0 unspecified atom stereocenters. The summed E-state index contributed by atoms with van der Waals surface area (Å²) in [7, 11) is 0. The lowest BCUT2D eigenvalue weighted by Crippen LogP contribution is -2.25. The van der Waals surface area contributed by atoms with E-state index in [-0.39, 0.29) is 11.9 Å². The lowest BCUT2D eigenvalue weighted by atomic mass is 10.1. The smallest absolute Gasteiger partial charge is 0.308 e. The van der Waals surface area contributed by atoms with Crippen molar-refractivity contribution >= 4 is 23.3 Å². The Labute approximate surface area is 171 Å². The zero-order valence-electron chi connectivity index (χ0n) is 16.6. The van der Waals surface area contributed by atoms with Gasteiger partial charge in [0, 0.05) is 24.7 Å². The van der Waals surface area contributed by atoms with Crippen LogP contribution in [0.1, 0.15) is 31.7 Å². The van der Waals surface area contributed by atoms with Gasteiger partial charge in [0.1, 0.15) is 5.75 Å². The Morgan fingerprint density at radius 3 is 2.00 bits per heavy atom. The summed E-state index contributed by atoms with van der Waals surface area (Å²) in [5, 5.41) is 0. The third-order valence-electron chi connectivity index (χ3n) is 4.54. The van der Waals surface area contributed by atoms with E-state index in [1.54, 1.807) is 11.0 Å². The summed E-state index contributed by atoms with van der Waals surface area (Å²) >= 11 is 0. The van der Waals surface area contributed by atoms with Crippen LogP contribution in [0.25, 0.3) is 0 Å². The molecule has 148 valence electrons. The van der Waals surface area contributed by atoms with Crippen LogP contribution in [0.15, 0.2) is 84.9 Å². The van der Waals surface area contributed by atoms with Crippen LogP contribution in [0.5, 0.6) is 5.75 Å². The molecule has 0 N–H and O–H groups in total. The van der Waals surface area contributed by atoms with Crippen molar-refractivity contribution < 1.29 is 14.3 Å². The van der Waals surface area contributed by atoms with Crippen LogP contribution in [-0.4, -0.2) is 11.9 Å². The van der Waals surface area contributed by atoms with Gasteiger partial charge in [0.25, 0.3) is 0 Å². The number of hydrogen-bond acceptors (Lipinski definition) is 3. The van der Waals surface area contributed by atoms with E-state index >= 15 is 0 Å². The number of anilines is 2. The highest BCUT2D eigenvalue weighted by Crippen LogP contribution is 2.26. The monoisotopic (exact) mass is 387 g/mol. The first-order valence-electron chi connectivity index (χ1n) is 9.84. The highest BCUT2D eigenvalue weighted by molar-refractivity contribution is 6.00. The molecule has 0 saturated heterocycles. The minimum atomic E-state index is -0.324. The summed E-state index contributed by atoms with van der Waals surface area (Å²) in [6.45, 7) is 1.39. The van der Waals surface area contributed by atoms with Gasteiger partial charge in [-0.2, -0.15) is 0 Å². The fraction of sp³-hybridized carbons (Fsp3) is 0.200. The van der Waals surface area contributed by atoms with Gasteiger partial charge in [-0.1, -0.05) is 48.5 Å². The second-order valence-corrected chi connectivity index (χ2v) is 6.85. The zero-order chi connectivity index (χ0) is 20.5. The van der Waals surface area contributed by atoms with Crippen molar-refractivity contribution in [3.8, 4) is 5.75 Å². The highest BCUT2D eigenvalue weighted by atomic mass is 16.5. The number of benzene rings is 3. The lowest BCUT2D eigenvalue weighted by molar-refractivity contribution is -0.131. The van der Waals surface area contributed by atoms with E-state index in [1.165, 1.54) is 6.92 Å². The minimum Gasteiger partial charge on any atom is -0.427 e. The normalized spacial score (nSPS) is 10.4. The number of hydrogen-bond donors (Lipinski definition) is 0. The molecule has 3 aromatic carbocycles. The van der Waals surface area contributed by atoms with Crippen molar-refractivity contribution in [1.29, 1.82) is 0 Å². The number of aryl methyl sites for hydroxylation is 1. The number of carbonyl (C=O) groups excluding carboxylic acids is 2. The first-order chi connectivity index (χ1) is 14.1. The number of unbranched alkanes of at least 4 members (excludes halogenated alkanes) is 1. The van der Waals surface area contributed by atoms with Gasteiger partial charge in [-0.15, -0.1) is 0 Å². The average molecular weight is 387 g/mol. The number of rotatable bonds is 8. The molecule has 0 atom stereocenters. The second kappa shape index (κ2) is 10.2. The molecule has 0 heterocycles. The van der Waals surface area contributed by atoms with Crippen LogP contribution >= 0.6 is 0 Å². The maximum Gasteiger partial charge on any atom is 0.308 e. The van der Waals surface area contributed by atoms with Crippen molar-refractivity contribution in [2.24, 2.45) is 0 Å². The van der Waals surface area contributed by atoms with Gasteiger partial charge in [-0.05, 0) is 61.2 Å². The van der Waals surface area contributed by atoms with Gasteiger partial charge in [0.05, 0.1) is 0 Å². The van der Waals surface area contributed by atoms with Gasteiger partial charge in [0.15, 0.2) is 0 Å². The molecular formula is C25H25NO3. The second-order valence-electron chi connectivity index (χ2n) is 6.85. The first-order valence-corrected chi connectivity index (χ1v) is 9.84. The molecule has 0 aliphatic carbocycles. The third kappa shape index (κ3) is 6.04. The van der Waals surface area contributed by atoms with Gasteiger partial charge in [-0.25, -0.2) is 0 Å². The molecule has 29 heavy (non-hydrogen) atoms. The van der Waals surface area contributed by atoms with Crippen molar-refractivity contribution in [3.63, 3.8) is 0 Å². The molecule has 0 radical (unpaired) electrons. The molecule has 3 rings (SSSR count). The summed E-state index contributed by atoms with van der Waals surface area (Å²) < 4.78 is 5.13. The standard InChI is InChI=1S/C25H25NO3/c1-20(27)29-24-17-10-12-21(19-24)11-8-9-18-25(28)26(22-13-4-2-5-14-22)23-15-6-3-7-16-23/h2-7,10,12-17,19H,8-9,11,18H2,1H3. The fourth-order valence-electron chi connectivity index (χ4n) is 3.24. The number of esters is 1. The number of para-hydroxylation sites is 2. The Bertz CT molecular complexity index is 899. The van der Waals surface area contributed by atoms with Gasteiger partial charge >= 0.3 is 5.97 Å². The van der Waals surface area contributed by atoms with Crippen molar-refractivity contribution in [1.82, 2.24) is 0 Å². The van der Waals surface area contributed by atoms with E-state index < -0.39 is 0 Å². The molecular weight excluding hydrogens is 362 g/mol. The Balaban J connectivity index is 1.59. The predicted molar refractivity (Wildman–Crippen MR) is 115 cm³/mol. The average Bonchev–Trinajstić information content (AvgIpc) is 2.73. The van der Waals surface area contributed by atoms with E-state index in [0.717, 1.165) is 36.2 Å². The number of nitrogens with zero attached hydrogens (tertiary/aromatic N) is 1. The van der Waals surface area contributed by atoms with Crippen LogP contribution in [0, 0.1) is 0 Å². The molecule has 0 fully saturated rings. The van der Waals surface area contributed by atoms with Gasteiger partial charge in [-0.3, -0.25) is 14.5 Å². The van der Waals surface area contributed by atoms with E-state index in [2.05, 4.69) is 0 Å². The van der Waals surface area contributed by atoms with Crippen LogP contribution in [0.3, 0.4) is 0 Å². The molecule has 0 bridgehead atoms. The third-order valence-corrected chi connectivity index (χ3v) is 4.54. The van der Waals surface area contributed by atoms with Crippen LogP contribution in [-0.2, 0) is 16.0 Å². The van der Waals surface area contributed by atoms with E-state index in [0.29, 0.717) is 12.2 Å². The Kier molecular flexibility index (Phi) is 7.17. The Morgan fingerprint density at radius 1 is 0.793 bits per heavy atom. The maximum absolute atomic E-state index is 13.0. The fourth-order valence-corrected chi connectivity index (χ4v) is 3.24. The highest BCUT2D eigenvalue weighted by Gasteiger charge is 2.17. The Hall–Kier alpha value is -3.40. The summed E-state index contributed by atoms with van der Waals surface area (Å²) in [5.74, 6) is 0.316. The van der Waals surface area contributed by atoms with Crippen molar-refractivity contribution in [3.05, 3.63) is 90.5 Å². The quantitative estimate of drug-likeness (QED) is 0.283. The molecule has 0 aliphatic heterocycles. The molecule has 0 saturated carbocycles. The summed E-state index contributed by atoms with van der Waals surface area (Å²) in [5.41, 5.74) is 2.84. The molecule has 4 nitrogen and oxygen atoms in total. The van der Waals surface area contributed by atoms with Crippen LogP contribution in [0.2, 0.25) is 0 Å². The predicted octanol–water partition coefficient (Wildman–Crippen LogP) is 5.69. The largest absolute Gasteiger partial charge is 0.427 e. The van der Waals surface area contributed by atoms with E-state index in [1.807, 2.05) is 78.9 Å². The number of ether oxygens (including phenoxy) is 1. The minimum absolute atomic E-state index is 0.0797. The number of amides is 1.